The number of rotatable bonds is 3. The lowest BCUT2D eigenvalue weighted by Gasteiger charge is -2.07. The standard InChI is InChI=1S/C14H13ClN2/c15-12-9-16-7-6-13(12)17-14-8-11(14)10-4-2-1-3-5-10/h1-7,9,11,14H,8H2,(H,16,17). The van der Waals surface area contributed by atoms with E-state index < -0.39 is 0 Å². The lowest BCUT2D eigenvalue weighted by Crippen LogP contribution is -2.04. The number of anilines is 1. The summed E-state index contributed by atoms with van der Waals surface area (Å²) in [4.78, 5) is 3.98. The highest BCUT2D eigenvalue weighted by molar-refractivity contribution is 6.33. The molecule has 0 radical (unpaired) electrons. The molecular weight excluding hydrogens is 232 g/mol. The smallest absolute Gasteiger partial charge is 0.0820 e. The third kappa shape index (κ3) is 2.27. The molecule has 3 rings (SSSR count). The number of hydrogen-bond donors (Lipinski definition) is 1. The third-order valence-electron chi connectivity index (χ3n) is 3.13. The average Bonchev–Trinajstić information content (AvgIpc) is 3.13. The van der Waals surface area contributed by atoms with Gasteiger partial charge in [0, 0.05) is 24.4 Å². The number of nitrogens with one attached hydrogen (secondary N) is 1. The first-order valence-electron chi connectivity index (χ1n) is 5.75. The lowest BCUT2D eigenvalue weighted by atomic mass is 10.1. The molecular formula is C14H13ClN2. The molecule has 1 aromatic carbocycles. The minimum atomic E-state index is 0.498. The number of benzene rings is 1. The molecule has 1 heterocycles. The van der Waals surface area contributed by atoms with Gasteiger partial charge in [-0.25, -0.2) is 0 Å². The van der Waals surface area contributed by atoms with Crippen LogP contribution in [-0.4, -0.2) is 11.0 Å². The van der Waals surface area contributed by atoms with Crippen molar-refractivity contribution >= 4 is 17.3 Å². The van der Waals surface area contributed by atoms with Gasteiger partial charge in [0.15, 0.2) is 0 Å². The first kappa shape index (κ1) is 10.6. The molecule has 0 aliphatic heterocycles. The molecule has 0 spiro atoms. The van der Waals surface area contributed by atoms with Crippen LogP contribution >= 0.6 is 11.6 Å². The first-order valence-corrected chi connectivity index (χ1v) is 6.13. The van der Waals surface area contributed by atoms with E-state index in [2.05, 4.69) is 34.6 Å². The van der Waals surface area contributed by atoms with Crippen molar-refractivity contribution in [2.24, 2.45) is 0 Å². The van der Waals surface area contributed by atoms with Crippen LogP contribution in [0.5, 0.6) is 0 Å². The number of hydrogen-bond acceptors (Lipinski definition) is 2. The summed E-state index contributed by atoms with van der Waals surface area (Å²) < 4.78 is 0. The van der Waals surface area contributed by atoms with E-state index in [1.165, 1.54) is 12.0 Å². The highest BCUT2D eigenvalue weighted by Gasteiger charge is 2.38. The van der Waals surface area contributed by atoms with Crippen LogP contribution in [0.15, 0.2) is 48.8 Å². The molecule has 2 atom stereocenters. The highest BCUT2D eigenvalue weighted by Crippen LogP contribution is 2.43. The van der Waals surface area contributed by atoms with Gasteiger partial charge in [-0.1, -0.05) is 41.9 Å². The van der Waals surface area contributed by atoms with E-state index in [1.807, 2.05) is 12.1 Å². The molecule has 0 amide bonds. The molecule has 1 N–H and O–H groups in total. The van der Waals surface area contributed by atoms with Crippen LogP contribution in [0, 0.1) is 0 Å². The Morgan fingerprint density at radius 1 is 1.18 bits per heavy atom. The number of nitrogens with zero attached hydrogens (tertiary/aromatic N) is 1. The Morgan fingerprint density at radius 2 is 2.00 bits per heavy atom. The zero-order valence-corrected chi connectivity index (χ0v) is 10.1. The zero-order chi connectivity index (χ0) is 11.7. The fourth-order valence-electron chi connectivity index (χ4n) is 2.12. The maximum Gasteiger partial charge on any atom is 0.0820 e. The van der Waals surface area contributed by atoms with Crippen molar-refractivity contribution in [1.82, 2.24) is 4.98 Å². The van der Waals surface area contributed by atoms with Gasteiger partial charge < -0.3 is 5.32 Å². The van der Waals surface area contributed by atoms with Crippen molar-refractivity contribution < 1.29 is 0 Å². The van der Waals surface area contributed by atoms with Crippen LogP contribution in [-0.2, 0) is 0 Å². The van der Waals surface area contributed by atoms with E-state index >= 15 is 0 Å². The fourth-order valence-corrected chi connectivity index (χ4v) is 2.29. The van der Waals surface area contributed by atoms with Crippen molar-refractivity contribution in [2.75, 3.05) is 5.32 Å². The van der Waals surface area contributed by atoms with Gasteiger partial charge in [-0.3, -0.25) is 4.98 Å². The highest BCUT2D eigenvalue weighted by atomic mass is 35.5. The van der Waals surface area contributed by atoms with Gasteiger partial charge in [0.05, 0.1) is 10.7 Å². The second-order valence-electron chi connectivity index (χ2n) is 4.36. The predicted molar refractivity (Wildman–Crippen MR) is 70.5 cm³/mol. The van der Waals surface area contributed by atoms with Crippen molar-refractivity contribution in [1.29, 1.82) is 0 Å². The summed E-state index contributed by atoms with van der Waals surface area (Å²) in [6, 6.07) is 13.0. The van der Waals surface area contributed by atoms with Crippen molar-refractivity contribution in [2.45, 2.75) is 18.4 Å². The lowest BCUT2D eigenvalue weighted by molar-refractivity contribution is 1.04. The van der Waals surface area contributed by atoms with Gasteiger partial charge in [0.2, 0.25) is 0 Å². The Kier molecular flexibility index (Phi) is 2.73. The monoisotopic (exact) mass is 244 g/mol. The molecule has 17 heavy (non-hydrogen) atoms. The fraction of sp³-hybridized carbons (Fsp3) is 0.214. The quantitative estimate of drug-likeness (QED) is 0.891. The van der Waals surface area contributed by atoms with Gasteiger partial charge in [0.25, 0.3) is 0 Å². The van der Waals surface area contributed by atoms with E-state index in [-0.39, 0.29) is 0 Å². The van der Waals surface area contributed by atoms with Crippen molar-refractivity contribution in [3.63, 3.8) is 0 Å². The van der Waals surface area contributed by atoms with E-state index in [1.54, 1.807) is 12.4 Å². The maximum atomic E-state index is 6.06. The Hall–Kier alpha value is -1.54. The van der Waals surface area contributed by atoms with Gasteiger partial charge in [-0.05, 0) is 18.1 Å². The molecule has 1 aliphatic carbocycles. The molecule has 1 saturated carbocycles. The average molecular weight is 245 g/mol. The summed E-state index contributed by atoms with van der Waals surface area (Å²) in [7, 11) is 0. The molecule has 86 valence electrons. The summed E-state index contributed by atoms with van der Waals surface area (Å²) >= 11 is 6.06. The van der Waals surface area contributed by atoms with Crippen molar-refractivity contribution in [3.8, 4) is 0 Å². The number of aromatic nitrogens is 1. The van der Waals surface area contributed by atoms with Crippen LogP contribution in [0.3, 0.4) is 0 Å². The Bertz CT molecular complexity index is 513. The van der Waals surface area contributed by atoms with E-state index in [4.69, 9.17) is 11.6 Å². The van der Waals surface area contributed by atoms with Gasteiger partial charge in [-0.15, -0.1) is 0 Å². The molecule has 3 heteroatoms. The Labute approximate surface area is 106 Å². The second kappa shape index (κ2) is 4.38. The third-order valence-corrected chi connectivity index (χ3v) is 3.43. The summed E-state index contributed by atoms with van der Waals surface area (Å²) in [5.74, 6) is 0.612. The van der Waals surface area contributed by atoms with E-state index in [9.17, 15) is 0 Å². The van der Waals surface area contributed by atoms with Crippen LogP contribution < -0.4 is 5.32 Å². The number of pyridine rings is 1. The molecule has 2 unspecified atom stereocenters. The summed E-state index contributed by atoms with van der Waals surface area (Å²) in [6.07, 6.45) is 4.60. The first-order chi connectivity index (χ1) is 8.34. The van der Waals surface area contributed by atoms with Crippen LogP contribution in [0.1, 0.15) is 17.9 Å². The minimum absolute atomic E-state index is 0.498. The topological polar surface area (TPSA) is 24.9 Å². The summed E-state index contributed by atoms with van der Waals surface area (Å²) in [5, 5.41) is 4.15. The normalized spacial score (nSPS) is 22.2. The summed E-state index contributed by atoms with van der Waals surface area (Å²) in [5.41, 5.74) is 2.38. The molecule has 1 fully saturated rings. The number of halogens is 1. The van der Waals surface area contributed by atoms with Crippen LogP contribution in [0.4, 0.5) is 5.69 Å². The van der Waals surface area contributed by atoms with Crippen molar-refractivity contribution in [3.05, 3.63) is 59.4 Å². The van der Waals surface area contributed by atoms with Crippen LogP contribution in [0.2, 0.25) is 5.02 Å². The molecule has 0 saturated heterocycles. The predicted octanol–water partition coefficient (Wildman–Crippen LogP) is 3.70. The molecule has 1 aromatic heterocycles. The van der Waals surface area contributed by atoms with Gasteiger partial charge >= 0.3 is 0 Å². The SMILES string of the molecule is Clc1cnccc1NC1CC1c1ccccc1. The molecule has 0 bridgehead atoms. The van der Waals surface area contributed by atoms with Crippen LogP contribution in [0.25, 0.3) is 0 Å². The Balaban J connectivity index is 1.69. The van der Waals surface area contributed by atoms with Gasteiger partial charge in [0.1, 0.15) is 0 Å². The van der Waals surface area contributed by atoms with E-state index in [0.717, 1.165) is 5.69 Å². The van der Waals surface area contributed by atoms with Gasteiger partial charge in [-0.2, -0.15) is 0 Å². The molecule has 2 nitrogen and oxygen atoms in total. The second-order valence-corrected chi connectivity index (χ2v) is 4.77. The molecule has 2 aromatic rings. The summed E-state index contributed by atoms with van der Waals surface area (Å²) in [6.45, 7) is 0. The molecule has 1 aliphatic rings. The largest absolute Gasteiger partial charge is 0.380 e. The zero-order valence-electron chi connectivity index (χ0n) is 9.31. The maximum absolute atomic E-state index is 6.06. The minimum Gasteiger partial charge on any atom is -0.380 e. The Morgan fingerprint density at radius 3 is 2.76 bits per heavy atom. The van der Waals surface area contributed by atoms with E-state index in [0.29, 0.717) is 17.0 Å².